The molecular formula is C15H21N3O3. The number of nitrogens with two attached hydrogens (primary N) is 1. The van der Waals surface area contributed by atoms with Gasteiger partial charge in [-0.3, -0.25) is 14.5 Å². The minimum absolute atomic E-state index is 0.0344. The number of benzene rings is 1. The van der Waals surface area contributed by atoms with Crippen LogP contribution in [0, 0.1) is 0 Å². The molecule has 1 heterocycles. The summed E-state index contributed by atoms with van der Waals surface area (Å²) in [5, 5.41) is 2.85. The van der Waals surface area contributed by atoms with Crippen molar-refractivity contribution in [2.75, 3.05) is 17.2 Å². The summed E-state index contributed by atoms with van der Waals surface area (Å²) in [6.45, 7) is 5.55. The lowest BCUT2D eigenvalue weighted by Gasteiger charge is -2.33. The van der Waals surface area contributed by atoms with E-state index in [-0.39, 0.29) is 24.4 Å². The minimum atomic E-state index is -0.613. The molecule has 2 atom stereocenters. The highest BCUT2D eigenvalue weighted by Gasteiger charge is 2.32. The predicted octanol–water partition coefficient (Wildman–Crippen LogP) is 1.30. The molecule has 1 aliphatic heterocycles. The van der Waals surface area contributed by atoms with Crippen molar-refractivity contribution in [3.63, 3.8) is 0 Å². The van der Waals surface area contributed by atoms with E-state index in [0.717, 1.165) is 6.42 Å². The highest BCUT2D eigenvalue weighted by atomic mass is 16.5. The van der Waals surface area contributed by atoms with Gasteiger partial charge in [-0.15, -0.1) is 0 Å². The van der Waals surface area contributed by atoms with E-state index in [9.17, 15) is 9.59 Å². The number of hydrogen-bond donors (Lipinski definition) is 2. The number of nitrogens with one attached hydrogen (secondary N) is 1. The number of anilines is 2. The first-order chi connectivity index (χ1) is 9.92. The minimum Gasteiger partial charge on any atom is -0.479 e. The second-order valence-electron chi connectivity index (χ2n) is 5.29. The van der Waals surface area contributed by atoms with Crippen LogP contribution in [-0.2, 0) is 9.59 Å². The van der Waals surface area contributed by atoms with Gasteiger partial charge in [0.2, 0.25) is 5.91 Å². The largest absolute Gasteiger partial charge is 0.479 e. The Labute approximate surface area is 124 Å². The smallest absolute Gasteiger partial charge is 0.268 e. The van der Waals surface area contributed by atoms with Crippen LogP contribution >= 0.6 is 0 Å². The summed E-state index contributed by atoms with van der Waals surface area (Å²) in [5.74, 6) is 0.125. The molecule has 6 heteroatoms. The lowest BCUT2D eigenvalue weighted by Crippen LogP contribution is -2.49. The molecule has 0 bridgehead atoms. The summed E-state index contributed by atoms with van der Waals surface area (Å²) < 4.78 is 5.53. The quantitative estimate of drug-likeness (QED) is 0.819. The molecule has 0 saturated carbocycles. The first-order valence-corrected chi connectivity index (χ1v) is 7.09. The monoisotopic (exact) mass is 291 g/mol. The predicted molar refractivity (Wildman–Crippen MR) is 81.2 cm³/mol. The van der Waals surface area contributed by atoms with Gasteiger partial charge in [-0.2, -0.15) is 0 Å². The van der Waals surface area contributed by atoms with Crippen LogP contribution in [0.1, 0.15) is 27.2 Å². The normalized spacial score (nSPS) is 18.7. The third kappa shape index (κ3) is 3.26. The van der Waals surface area contributed by atoms with Crippen LogP contribution < -0.4 is 20.7 Å². The molecule has 1 aromatic rings. The molecule has 0 aromatic heterocycles. The molecule has 1 aliphatic rings. The molecule has 2 rings (SSSR count). The Morgan fingerprint density at radius 1 is 1.52 bits per heavy atom. The summed E-state index contributed by atoms with van der Waals surface area (Å²) in [6.07, 6.45) is 0.223. The molecule has 0 spiro atoms. The van der Waals surface area contributed by atoms with Crippen molar-refractivity contribution in [1.29, 1.82) is 0 Å². The fourth-order valence-corrected chi connectivity index (χ4v) is 2.15. The van der Waals surface area contributed by atoms with Gasteiger partial charge in [-0.05, 0) is 38.5 Å². The number of rotatable bonds is 4. The SMILES string of the molecule is CCC(C)NC(=O)CN1C(=O)C(C)Oc2ccc(N)cc21. The molecule has 3 N–H and O–H groups in total. The number of carbonyl (C=O) groups excluding carboxylic acids is 2. The van der Waals surface area contributed by atoms with Crippen LogP contribution in [-0.4, -0.2) is 30.5 Å². The molecule has 1 aromatic carbocycles. The number of carbonyl (C=O) groups is 2. The molecule has 21 heavy (non-hydrogen) atoms. The van der Waals surface area contributed by atoms with Gasteiger partial charge in [0.05, 0.1) is 5.69 Å². The molecule has 6 nitrogen and oxygen atoms in total. The van der Waals surface area contributed by atoms with Crippen molar-refractivity contribution in [2.24, 2.45) is 0 Å². The zero-order valence-electron chi connectivity index (χ0n) is 12.6. The Morgan fingerprint density at radius 3 is 2.90 bits per heavy atom. The van der Waals surface area contributed by atoms with Crippen LogP contribution in [0.5, 0.6) is 5.75 Å². The summed E-state index contributed by atoms with van der Waals surface area (Å²) >= 11 is 0. The summed E-state index contributed by atoms with van der Waals surface area (Å²) in [5.41, 5.74) is 6.82. The lowest BCUT2D eigenvalue weighted by molar-refractivity contribution is -0.128. The highest BCUT2D eigenvalue weighted by molar-refractivity contribution is 6.04. The standard InChI is InChI=1S/C15H21N3O3/c1-4-9(2)17-14(19)8-18-12-7-11(16)5-6-13(12)21-10(3)15(18)20/h5-7,9-10H,4,8,16H2,1-3H3,(H,17,19). The maximum atomic E-state index is 12.3. The molecule has 114 valence electrons. The van der Waals surface area contributed by atoms with Crippen molar-refractivity contribution in [2.45, 2.75) is 39.3 Å². The maximum absolute atomic E-state index is 12.3. The van der Waals surface area contributed by atoms with Gasteiger partial charge in [-0.1, -0.05) is 6.92 Å². The zero-order chi connectivity index (χ0) is 15.6. The van der Waals surface area contributed by atoms with Gasteiger partial charge in [0, 0.05) is 11.7 Å². The molecule has 0 saturated heterocycles. The molecule has 2 amide bonds. The van der Waals surface area contributed by atoms with Crippen LogP contribution in [0.3, 0.4) is 0 Å². The number of fused-ring (bicyclic) bond motifs is 1. The Kier molecular flexibility index (Phi) is 4.35. The van der Waals surface area contributed by atoms with E-state index in [1.807, 2.05) is 13.8 Å². The van der Waals surface area contributed by atoms with Crippen molar-refractivity contribution >= 4 is 23.2 Å². The van der Waals surface area contributed by atoms with Crippen molar-refractivity contribution in [3.8, 4) is 5.75 Å². The third-order valence-electron chi connectivity index (χ3n) is 3.51. The van der Waals surface area contributed by atoms with E-state index in [1.165, 1.54) is 4.90 Å². The van der Waals surface area contributed by atoms with E-state index >= 15 is 0 Å². The second-order valence-corrected chi connectivity index (χ2v) is 5.29. The highest BCUT2D eigenvalue weighted by Crippen LogP contribution is 2.35. The van der Waals surface area contributed by atoms with Gasteiger partial charge >= 0.3 is 0 Å². The first kappa shape index (κ1) is 15.2. The first-order valence-electron chi connectivity index (χ1n) is 7.09. The number of ether oxygens (including phenoxy) is 1. The third-order valence-corrected chi connectivity index (χ3v) is 3.51. The second kappa shape index (κ2) is 6.03. The van der Waals surface area contributed by atoms with Gasteiger partial charge in [0.15, 0.2) is 6.10 Å². The van der Waals surface area contributed by atoms with Gasteiger partial charge in [0.1, 0.15) is 12.3 Å². The van der Waals surface area contributed by atoms with Crippen LogP contribution in [0.2, 0.25) is 0 Å². The van der Waals surface area contributed by atoms with E-state index in [4.69, 9.17) is 10.5 Å². The Bertz CT molecular complexity index is 559. The van der Waals surface area contributed by atoms with Crippen LogP contribution in [0.15, 0.2) is 18.2 Å². The zero-order valence-corrected chi connectivity index (χ0v) is 12.6. The number of amides is 2. The summed E-state index contributed by atoms with van der Waals surface area (Å²) in [6, 6.07) is 5.15. The van der Waals surface area contributed by atoms with Crippen LogP contribution in [0.4, 0.5) is 11.4 Å². The van der Waals surface area contributed by atoms with Crippen LogP contribution in [0.25, 0.3) is 0 Å². The fourth-order valence-electron chi connectivity index (χ4n) is 2.15. The maximum Gasteiger partial charge on any atom is 0.268 e. The van der Waals surface area contributed by atoms with E-state index in [1.54, 1.807) is 25.1 Å². The van der Waals surface area contributed by atoms with Crippen molar-refractivity contribution < 1.29 is 14.3 Å². The Balaban J connectivity index is 2.23. The molecule has 0 aliphatic carbocycles. The van der Waals surface area contributed by atoms with Gasteiger partial charge < -0.3 is 15.8 Å². The molecular weight excluding hydrogens is 270 g/mol. The van der Waals surface area contributed by atoms with Gasteiger partial charge in [0.25, 0.3) is 5.91 Å². The number of nitrogen functional groups attached to an aromatic ring is 1. The fraction of sp³-hybridized carbons (Fsp3) is 0.467. The lowest BCUT2D eigenvalue weighted by atomic mass is 10.1. The topological polar surface area (TPSA) is 84.7 Å². The Morgan fingerprint density at radius 2 is 2.24 bits per heavy atom. The van der Waals surface area contributed by atoms with Gasteiger partial charge in [-0.25, -0.2) is 0 Å². The molecule has 2 unspecified atom stereocenters. The number of hydrogen-bond acceptors (Lipinski definition) is 4. The van der Waals surface area contributed by atoms with E-state index in [0.29, 0.717) is 17.1 Å². The summed E-state index contributed by atoms with van der Waals surface area (Å²) in [4.78, 5) is 25.7. The van der Waals surface area contributed by atoms with E-state index in [2.05, 4.69) is 5.32 Å². The Hall–Kier alpha value is -2.24. The van der Waals surface area contributed by atoms with E-state index < -0.39 is 6.10 Å². The van der Waals surface area contributed by atoms with Crippen molar-refractivity contribution in [3.05, 3.63) is 18.2 Å². The average Bonchev–Trinajstić information content (AvgIpc) is 2.44. The molecule has 0 fully saturated rings. The number of nitrogens with zero attached hydrogens (tertiary/aromatic N) is 1. The summed E-state index contributed by atoms with van der Waals surface area (Å²) in [7, 11) is 0. The molecule has 0 radical (unpaired) electrons. The average molecular weight is 291 g/mol. The van der Waals surface area contributed by atoms with Crippen molar-refractivity contribution in [1.82, 2.24) is 5.32 Å².